The van der Waals surface area contributed by atoms with E-state index in [9.17, 15) is 9.59 Å². The van der Waals surface area contributed by atoms with Crippen LogP contribution < -0.4 is 5.73 Å². The Labute approximate surface area is 126 Å². The second-order valence-corrected chi connectivity index (χ2v) is 5.94. The number of carbonyl (C=O) groups excluding carboxylic acids is 2. The number of hydrogen-bond acceptors (Lipinski definition) is 4. The van der Waals surface area contributed by atoms with Crippen LogP contribution in [0.4, 0.5) is 0 Å². The summed E-state index contributed by atoms with van der Waals surface area (Å²) in [7, 11) is 0. The fourth-order valence-electron chi connectivity index (χ4n) is 3.13. The summed E-state index contributed by atoms with van der Waals surface area (Å²) in [6, 6.07) is -0.383. The molecule has 2 saturated heterocycles. The summed E-state index contributed by atoms with van der Waals surface area (Å²) in [5.74, 6) is 0.105. The molecule has 2 atom stereocenters. The maximum absolute atomic E-state index is 12.6. The highest BCUT2D eigenvalue weighted by molar-refractivity contribution is 5.88. The molecule has 0 aromatic rings. The van der Waals surface area contributed by atoms with Gasteiger partial charge < -0.3 is 20.3 Å². The Kier molecular flexibility index (Phi) is 5.99. The zero-order valence-corrected chi connectivity index (χ0v) is 12.9. The van der Waals surface area contributed by atoms with E-state index in [0.717, 1.165) is 25.7 Å². The maximum atomic E-state index is 12.6. The van der Waals surface area contributed by atoms with E-state index < -0.39 is 0 Å². The largest absolute Gasteiger partial charge is 0.378 e. The molecule has 0 radical (unpaired) electrons. The Balaban J connectivity index is 1.92. The molecule has 0 aliphatic carbocycles. The molecule has 21 heavy (non-hydrogen) atoms. The van der Waals surface area contributed by atoms with Crippen molar-refractivity contribution in [3.05, 3.63) is 0 Å². The quantitative estimate of drug-likeness (QED) is 0.794. The summed E-state index contributed by atoms with van der Waals surface area (Å²) < 4.78 is 5.28. The number of nitrogens with zero attached hydrogens (tertiary/aromatic N) is 2. The first-order chi connectivity index (χ1) is 10.1. The zero-order chi connectivity index (χ0) is 15.2. The average Bonchev–Trinajstić information content (AvgIpc) is 2.97. The Morgan fingerprint density at radius 2 is 2.00 bits per heavy atom. The van der Waals surface area contributed by atoms with Crippen LogP contribution in [0.25, 0.3) is 0 Å². The second kappa shape index (κ2) is 7.75. The third-order valence-electron chi connectivity index (χ3n) is 4.28. The Hall–Kier alpha value is -1.14. The van der Waals surface area contributed by atoms with Crippen molar-refractivity contribution in [3.8, 4) is 0 Å². The molecule has 0 spiro atoms. The zero-order valence-electron chi connectivity index (χ0n) is 12.9. The van der Waals surface area contributed by atoms with Crippen LogP contribution in [-0.2, 0) is 14.3 Å². The van der Waals surface area contributed by atoms with Crippen LogP contribution in [0.1, 0.15) is 39.0 Å². The van der Waals surface area contributed by atoms with E-state index in [4.69, 9.17) is 10.5 Å². The summed E-state index contributed by atoms with van der Waals surface area (Å²) in [5.41, 5.74) is 5.96. The molecule has 2 amide bonds. The number of amides is 2. The van der Waals surface area contributed by atoms with Crippen LogP contribution >= 0.6 is 0 Å². The molecule has 120 valence electrons. The van der Waals surface area contributed by atoms with Crippen molar-refractivity contribution in [1.29, 1.82) is 0 Å². The average molecular weight is 297 g/mol. The first-order valence-electron chi connectivity index (χ1n) is 8.05. The SMILES string of the molecule is CCCC(N)CC(=O)N1CCCC1C(=O)N1CCOCC1. The van der Waals surface area contributed by atoms with Crippen LogP contribution in [0.15, 0.2) is 0 Å². The highest BCUT2D eigenvalue weighted by Crippen LogP contribution is 2.21. The normalized spacial score (nSPS) is 24.2. The topological polar surface area (TPSA) is 75.9 Å². The van der Waals surface area contributed by atoms with Crippen molar-refractivity contribution in [2.45, 2.75) is 51.1 Å². The number of likely N-dealkylation sites (tertiary alicyclic amines) is 1. The minimum absolute atomic E-state index is 0.0278. The van der Waals surface area contributed by atoms with E-state index in [1.807, 2.05) is 4.90 Å². The maximum Gasteiger partial charge on any atom is 0.245 e. The van der Waals surface area contributed by atoms with Crippen LogP contribution in [0.2, 0.25) is 0 Å². The van der Waals surface area contributed by atoms with Crippen LogP contribution in [0.5, 0.6) is 0 Å². The molecule has 2 rings (SSSR count). The molecule has 2 aliphatic heterocycles. The highest BCUT2D eigenvalue weighted by Gasteiger charge is 2.36. The predicted octanol–water partition coefficient (Wildman–Crippen LogP) is 0.354. The number of carbonyl (C=O) groups is 2. The molecule has 6 nitrogen and oxygen atoms in total. The molecule has 2 unspecified atom stereocenters. The molecule has 0 aromatic carbocycles. The minimum Gasteiger partial charge on any atom is -0.378 e. The Morgan fingerprint density at radius 1 is 1.29 bits per heavy atom. The van der Waals surface area contributed by atoms with Gasteiger partial charge in [0.15, 0.2) is 0 Å². The van der Waals surface area contributed by atoms with Gasteiger partial charge in [0.1, 0.15) is 6.04 Å². The minimum atomic E-state index is -0.288. The lowest BCUT2D eigenvalue weighted by Gasteiger charge is -2.32. The molecular weight excluding hydrogens is 270 g/mol. The van der Waals surface area contributed by atoms with E-state index in [1.165, 1.54) is 0 Å². The first-order valence-corrected chi connectivity index (χ1v) is 8.05. The van der Waals surface area contributed by atoms with Gasteiger partial charge in [0.2, 0.25) is 11.8 Å². The monoisotopic (exact) mass is 297 g/mol. The molecule has 2 aliphatic rings. The molecular formula is C15H27N3O3. The van der Waals surface area contributed by atoms with Crippen molar-refractivity contribution < 1.29 is 14.3 Å². The van der Waals surface area contributed by atoms with Gasteiger partial charge >= 0.3 is 0 Å². The number of hydrogen-bond donors (Lipinski definition) is 1. The number of morpholine rings is 1. The molecule has 2 heterocycles. The summed E-state index contributed by atoms with van der Waals surface area (Å²) >= 11 is 0. The van der Waals surface area contributed by atoms with Gasteiger partial charge in [-0.1, -0.05) is 13.3 Å². The smallest absolute Gasteiger partial charge is 0.245 e. The van der Waals surface area contributed by atoms with Gasteiger partial charge in [-0.15, -0.1) is 0 Å². The van der Waals surface area contributed by atoms with E-state index in [0.29, 0.717) is 39.3 Å². The fourth-order valence-corrected chi connectivity index (χ4v) is 3.13. The van der Waals surface area contributed by atoms with Gasteiger partial charge in [0.05, 0.1) is 13.2 Å². The van der Waals surface area contributed by atoms with Crippen molar-refractivity contribution in [1.82, 2.24) is 9.80 Å². The fraction of sp³-hybridized carbons (Fsp3) is 0.867. The van der Waals surface area contributed by atoms with E-state index >= 15 is 0 Å². The third-order valence-corrected chi connectivity index (χ3v) is 4.28. The van der Waals surface area contributed by atoms with Crippen molar-refractivity contribution in [3.63, 3.8) is 0 Å². The standard InChI is InChI=1S/C15H27N3O3/c1-2-4-12(16)11-14(19)18-6-3-5-13(18)15(20)17-7-9-21-10-8-17/h12-13H,2-11,16H2,1H3. The van der Waals surface area contributed by atoms with Crippen LogP contribution in [-0.4, -0.2) is 66.5 Å². The lowest BCUT2D eigenvalue weighted by atomic mass is 10.1. The number of nitrogens with two attached hydrogens (primary N) is 1. The number of rotatable bonds is 5. The van der Waals surface area contributed by atoms with Crippen LogP contribution in [0.3, 0.4) is 0 Å². The summed E-state index contributed by atoms with van der Waals surface area (Å²) in [6.07, 6.45) is 3.84. The van der Waals surface area contributed by atoms with Gasteiger partial charge in [-0.25, -0.2) is 0 Å². The summed E-state index contributed by atoms with van der Waals surface area (Å²) in [5, 5.41) is 0. The molecule has 2 fully saturated rings. The van der Waals surface area contributed by atoms with Gasteiger partial charge in [-0.3, -0.25) is 9.59 Å². The van der Waals surface area contributed by atoms with Crippen molar-refractivity contribution >= 4 is 11.8 Å². The van der Waals surface area contributed by atoms with E-state index in [-0.39, 0.29) is 23.9 Å². The van der Waals surface area contributed by atoms with Gasteiger partial charge in [-0.05, 0) is 19.3 Å². The highest BCUT2D eigenvalue weighted by atomic mass is 16.5. The lowest BCUT2D eigenvalue weighted by molar-refractivity contribution is -0.146. The second-order valence-electron chi connectivity index (χ2n) is 5.94. The van der Waals surface area contributed by atoms with E-state index in [2.05, 4.69) is 6.92 Å². The number of ether oxygens (including phenoxy) is 1. The molecule has 2 N–H and O–H groups in total. The van der Waals surface area contributed by atoms with Gasteiger partial charge in [0, 0.05) is 32.1 Å². The molecule has 0 aromatic heterocycles. The van der Waals surface area contributed by atoms with Crippen molar-refractivity contribution in [2.75, 3.05) is 32.8 Å². The van der Waals surface area contributed by atoms with Gasteiger partial charge in [0.25, 0.3) is 0 Å². The summed E-state index contributed by atoms with van der Waals surface area (Å²) in [4.78, 5) is 28.5. The van der Waals surface area contributed by atoms with Crippen LogP contribution in [0, 0.1) is 0 Å². The summed E-state index contributed by atoms with van der Waals surface area (Å²) in [6.45, 7) is 5.18. The molecule has 0 saturated carbocycles. The third kappa shape index (κ3) is 4.17. The lowest BCUT2D eigenvalue weighted by Crippen LogP contribution is -2.51. The predicted molar refractivity (Wildman–Crippen MR) is 79.6 cm³/mol. The molecule has 6 heteroatoms. The molecule has 0 bridgehead atoms. The first kappa shape index (κ1) is 16.2. The van der Waals surface area contributed by atoms with Crippen molar-refractivity contribution in [2.24, 2.45) is 5.73 Å². The Morgan fingerprint density at radius 3 is 2.67 bits per heavy atom. The Bertz CT molecular complexity index is 369. The van der Waals surface area contributed by atoms with Gasteiger partial charge in [-0.2, -0.15) is 0 Å². The van der Waals surface area contributed by atoms with E-state index in [1.54, 1.807) is 4.90 Å².